The number of ether oxygens (including phenoxy) is 2. The van der Waals surface area contributed by atoms with Crippen molar-refractivity contribution in [2.45, 2.75) is 232 Å². The molecule has 9 nitrogen and oxygen atoms in total. The van der Waals surface area contributed by atoms with Gasteiger partial charge in [0.2, 0.25) is 0 Å². The van der Waals surface area contributed by atoms with Gasteiger partial charge in [0.25, 0.3) is 7.82 Å². The first kappa shape index (κ1) is 71.4. The Kier molecular flexibility index (Phi) is 52.5. The molecule has 0 spiro atoms. The molecular weight excluding hydrogens is 954 g/mol. The van der Waals surface area contributed by atoms with Crippen LogP contribution in [0.3, 0.4) is 0 Å². The number of quaternary nitrogens is 1. The van der Waals surface area contributed by atoms with E-state index in [-0.39, 0.29) is 26.1 Å². The van der Waals surface area contributed by atoms with E-state index >= 15 is 0 Å². The van der Waals surface area contributed by atoms with E-state index in [2.05, 4.69) is 135 Å². The van der Waals surface area contributed by atoms with Crippen molar-refractivity contribution in [3.05, 3.63) is 122 Å². The van der Waals surface area contributed by atoms with Gasteiger partial charge in [-0.1, -0.05) is 225 Å². The summed E-state index contributed by atoms with van der Waals surface area (Å²) in [5, 5.41) is 0. The van der Waals surface area contributed by atoms with E-state index in [0.29, 0.717) is 23.9 Å². The summed E-state index contributed by atoms with van der Waals surface area (Å²) in [6, 6.07) is 0. The minimum absolute atomic E-state index is 0.0398. The normalized spacial score (nSPS) is 14.2. The lowest BCUT2D eigenvalue weighted by Gasteiger charge is -2.28. The van der Waals surface area contributed by atoms with Gasteiger partial charge in [0.15, 0.2) is 6.10 Å². The molecule has 2 atom stereocenters. The van der Waals surface area contributed by atoms with Crippen LogP contribution in [0.25, 0.3) is 0 Å². The molecule has 0 N–H and O–H groups in total. The van der Waals surface area contributed by atoms with Crippen LogP contribution in [0.15, 0.2) is 122 Å². The molecule has 428 valence electrons. The Morgan fingerprint density at radius 3 is 1.13 bits per heavy atom. The highest BCUT2D eigenvalue weighted by molar-refractivity contribution is 7.45. The van der Waals surface area contributed by atoms with Gasteiger partial charge in [-0.05, 0) is 109 Å². The van der Waals surface area contributed by atoms with Crippen LogP contribution in [0.2, 0.25) is 0 Å². The number of allylic oxidation sites excluding steroid dienone is 20. The highest BCUT2D eigenvalue weighted by atomic mass is 31.2. The third-order valence-electron chi connectivity index (χ3n) is 12.2. The monoisotopic (exact) mass is 1060 g/mol. The molecule has 0 bridgehead atoms. The zero-order valence-corrected chi connectivity index (χ0v) is 49.3. The zero-order valence-electron chi connectivity index (χ0n) is 48.4. The van der Waals surface area contributed by atoms with Gasteiger partial charge >= 0.3 is 11.9 Å². The van der Waals surface area contributed by atoms with Crippen molar-refractivity contribution in [3.63, 3.8) is 0 Å². The molecule has 0 heterocycles. The minimum Gasteiger partial charge on any atom is -0.756 e. The van der Waals surface area contributed by atoms with E-state index in [0.717, 1.165) is 116 Å². The Morgan fingerprint density at radius 2 is 0.760 bits per heavy atom. The van der Waals surface area contributed by atoms with Gasteiger partial charge in [-0.3, -0.25) is 14.2 Å². The molecule has 0 aromatic carbocycles. The van der Waals surface area contributed by atoms with E-state index in [4.69, 9.17) is 18.5 Å². The predicted octanol–water partition coefficient (Wildman–Crippen LogP) is 18.1. The summed E-state index contributed by atoms with van der Waals surface area (Å²) in [6.45, 7) is 4.07. The van der Waals surface area contributed by atoms with Crippen LogP contribution >= 0.6 is 7.82 Å². The second-order valence-electron chi connectivity index (χ2n) is 20.6. The Hall–Kier alpha value is -3.59. The van der Waals surface area contributed by atoms with Gasteiger partial charge in [-0.25, -0.2) is 0 Å². The summed E-state index contributed by atoms with van der Waals surface area (Å²) >= 11 is 0. The Labute approximate surface area is 460 Å². The van der Waals surface area contributed by atoms with Crippen molar-refractivity contribution >= 4 is 19.8 Å². The lowest BCUT2D eigenvalue weighted by molar-refractivity contribution is -0.870. The summed E-state index contributed by atoms with van der Waals surface area (Å²) in [4.78, 5) is 37.8. The predicted molar refractivity (Wildman–Crippen MR) is 318 cm³/mol. The van der Waals surface area contributed by atoms with E-state index in [9.17, 15) is 19.0 Å². The molecule has 0 fully saturated rings. The SMILES string of the molecule is CC/C=C\C/C=C\C/C=C\C/C=C\C/C=C\C/C=C\C/C=C\C/C=C\CCCCCCCCCCCCC(=O)OC(COC(=O)CCCCCCC/C=C\C/C=C\CCCCCC)COP(=O)([O-])OCC[N+](C)(C)C. The largest absolute Gasteiger partial charge is 0.756 e. The number of carbonyl (C=O) groups excluding carboxylic acids is 2. The molecule has 0 rings (SSSR count). The molecule has 0 radical (unpaired) electrons. The fourth-order valence-corrected chi connectivity index (χ4v) is 8.37. The molecule has 0 aromatic rings. The number of esters is 2. The maximum Gasteiger partial charge on any atom is 0.306 e. The first-order valence-electron chi connectivity index (χ1n) is 29.7. The Balaban J connectivity index is 4.15. The lowest BCUT2D eigenvalue weighted by atomic mass is 10.0. The Bertz CT molecular complexity index is 1680. The van der Waals surface area contributed by atoms with Crippen molar-refractivity contribution in [2.75, 3.05) is 47.5 Å². The van der Waals surface area contributed by atoms with Crippen LogP contribution < -0.4 is 4.89 Å². The van der Waals surface area contributed by atoms with Crippen LogP contribution in [-0.2, 0) is 32.7 Å². The highest BCUT2D eigenvalue weighted by Gasteiger charge is 2.21. The maximum atomic E-state index is 12.8. The average Bonchev–Trinajstić information content (AvgIpc) is 3.37. The molecule has 2 unspecified atom stereocenters. The quantitative estimate of drug-likeness (QED) is 0.0195. The fourth-order valence-electron chi connectivity index (χ4n) is 7.64. The molecule has 75 heavy (non-hydrogen) atoms. The lowest BCUT2D eigenvalue weighted by Crippen LogP contribution is -2.37. The number of rotatable bonds is 53. The van der Waals surface area contributed by atoms with Crippen LogP contribution in [0.1, 0.15) is 226 Å². The van der Waals surface area contributed by atoms with Crippen molar-refractivity contribution in [2.24, 2.45) is 0 Å². The van der Waals surface area contributed by atoms with Gasteiger partial charge < -0.3 is 27.9 Å². The summed E-state index contributed by atoms with van der Waals surface area (Å²) in [5.74, 6) is -0.860. The summed E-state index contributed by atoms with van der Waals surface area (Å²) < 4.78 is 34.1. The zero-order chi connectivity index (χ0) is 54.9. The van der Waals surface area contributed by atoms with Gasteiger partial charge in [0.1, 0.15) is 19.8 Å². The van der Waals surface area contributed by atoms with Crippen LogP contribution in [0, 0.1) is 0 Å². The van der Waals surface area contributed by atoms with E-state index in [1.807, 2.05) is 21.1 Å². The van der Waals surface area contributed by atoms with Gasteiger partial charge in [0, 0.05) is 12.8 Å². The molecule has 10 heteroatoms. The number of unbranched alkanes of at least 4 members (excludes halogenated alkanes) is 19. The Morgan fingerprint density at radius 1 is 0.427 bits per heavy atom. The number of carbonyl (C=O) groups is 2. The van der Waals surface area contributed by atoms with Crippen molar-refractivity contribution in [1.82, 2.24) is 0 Å². The minimum atomic E-state index is -4.65. The molecule has 0 amide bonds. The molecule has 0 saturated heterocycles. The van der Waals surface area contributed by atoms with Gasteiger partial charge in [-0.2, -0.15) is 0 Å². The third-order valence-corrected chi connectivity index (χ3v) is 13.2. The number of likely N-dealkylation sites (N-methyl/N-ethyl adjacent to an activating group) is 1. The van der Waals surface area contributed by atoms with E-state index < -0.39 is 32.5 Å². The first-order valence-corrected chi connectivity index (χ1v) is 31.2. The number of phosphoric ester groups is 1. The standard InChI is InChI=1S/C65H110NO8P/c1-6-8-10-12-14-16-18-20-22-24-25-26-27-28-29-30-31-32-33-34-35-36-37-38-39-40-41-42-44-46-48-50-52-54-56-58-65(68)74-63(62-73-75(69,70)72-60-59-66(3,4)5)61-71-64(67)57-55-53-51-49-47-45-43-23-21-19-17-15-13-11-9-7-2/h8,10,14,16-17,19-20,22-23,25-26,28-29,31-32,34-35,37-38,43,63H,6-7,9,11-13,15,18,21,24,27,30,33,36,39-42,44-62H2,1-5H3/b10-8-,16-14-,19-17-,22-20-,26-25-,29-28-,32-31-,35-34-,38-37-,43-23-. The third kappa shape index (κ3) is 59.5. The number of nitrogens with zero attached hydrogens (tertiary/aromatic N) is 1. The van der Waals surface area contributed by atoms with Crippen LogP contribution in [0.4, 0.5) is 0 Å². The summed E-state index contributed by atoms with van der Waals surface area (Å²) in [5.41, 5.74) is 0. The molecule has 0 aliphatic heterocycles. The van der Waals surface area contributed by atoms with Crippen molar-refractivity contribution in [3.8, 4) is 0 Å². The second-order valence-corrected chi connectivity index (χ2v) is 22.0. The van der Waals surface area contributed by atoms with Crippen LogP contribution in [-0.4, -0.2) is 70.0 Å². The van der Waals surface area contributed by atoms with E-state index in [1.54, 1.807) is 0 Å². The number of hydrogen-bond donors (Lipinski definition) is 0. The highest BCUT2D eigenvalue weighted by Crippen LogP contribution is 2.38. The average molecular weight is 1060 g/mol. The number of hydrogen-bond acceptors (Lipinski definition) is 8. The van der Waals surface area contributed by atoms with Crippen molar-refractivity contribution < 1.29 is 42.1 Å². The summed E-state index contributed by atoms with van der Waals surface area (Å²) in [7, 11) is 1.14. The molecular formula is C65H110NO8P. The molecule has 0 saturated carbocycles. The maximum absolute atomic E-state index is 12.8. The summed E-state index contributed by atoms with van der Waals surface area (Å²) in [6.07, 6.45) is 78.2. The smallest absolute Gasteiger partial charge is 0.306 e. The van der Waals surface area contributed by atoms with E-state index in [1.165, 1.54) is 70.6 Å². The second kappa shape index (κ2) is 55.2. The molecule has 0 aromatic heterocycles. The first-order chi connectivity index (χ1) is 36.5. The van der Waals surface area contributed by atoms with Crippen molar-refractivity contribution in [1.29, 1.82) is 0 Å². The van der Waals surface area contributed by atoms with Crippen LogP contribution in [0.5, 0.6) is 0 Å². The molecule has 0 aliphatic rings. The fraction of sp³-hybridized carbons (Fsp3) is 0.662. The van der Waals surface area contributed by atoms with Gasteiger partial charge in [-0.15, -0.1) is 0 Å². The number of phosphoric acid groups is 1. The van der Waals surface area contributed by atoms with Gasteiger partial charge in [0.05, 0.1) is 27.7 Å². The topological polar surface area (TPSA) is 111 Å². The molecule has 0 aliphatic carbocycles.